The molecule has 1 fully saturated rings. The van der Waals surface area contributed by atoms with Gasteiger partial charge in [-0.25, -0.2) is 4.79 Å². The van der Waals surface area contributed by atoms with Gasteiger partial charge < -0.3 is 10.0 Å². The summed E-state index contributed by atoms with van der Waals surface area (Å²) in [7, 11) is 0. The molecule has 1 unspecified atom stereocenters. The van der Waals surface area contributed by atoms with E-state index in [1.165, 1.54) is 11.3 Å². The van der Waals surface area contributed by atoms with Crippen molar-refractivity contribution in [2.24, 2.45) is 0 Å². The minimum Gasteiger partial charge on any atom is -0.481 e. The first-order valence-corrected chi connectivity index (χ1v) is 7.70. The summed E-state index contributed by atoms with van der Waals surface area (Å²) in [4.78, 5) is 24.5. The first-order chi connectivity index (χ1) is 9.06. The van der Waals surface area contributed by atoms with Crippen molar-refractivity contribution in [3.8, 4) is 0 Å². The molecule has 0 spiro atoms. The van der Waals surface area contributed by atoms with Gasteiger partial charge in [-0.2, -0.15) is 11.8 Å². The fourth-order valence-corrected chi connectivity index (χ4v) is 3.45. The van der Waals surface area contributed by atoms with Crippen LogP contribution in [0.1, 0.15) is 11.4 Å². The molecule has 104 valence electrons. The zero-order valence-electron chi connectivity index (χ0n) is 10.3. The number of carboxylic acid groups (broad SMARTS) is 1. The van der Waals surface area contributed by atoms with Gasteiger partial charge in [-0.1, -0.05) is 11.3 Å². The van der Waals surface area contributed by atoms with E-state index < -0.39 is 5.97 Å². The Hall–Kier alpha value is -1.35. The van der Waals surface area contributed by atoms with Crippen LogP contribution in [0.15, 0.2) is 0 Å². The molecule has 0 bridgehead atoms. The Morgan fingerprint density at radius 2 is 2.32 bits per heavy atom. The number of rotatable bonds is 3. The monoisotopic (exact) mass is 302 g/mol. The number of nitrogens with zero attached hydrogens (tertiary/aromatic N) is 3. The maximum Gasteiger partial charge on any atom is 0.324 e. The lowest BCUT2D eigenvalue weighted by Crippen LogP contribution is -2.48. The first-order valence-electron chi connectivity index (χ1n) is 5.73. The molecule has 1 aromatic heterocycles. The highest BCUT2D eigenvalue weighted by Crippen LogP contribution is 2.21. The van der Waals surface area contributed by atoms with Gasteiger partial charge in [0.2, 0.25) is 5.13 Å². The van der Waals surface area contributed by atoms with Gasteiger partial charge in [-0.15, -0.1) is 10.2 Å². The number of carboxylic acids is 1. The predicted molar refractivity (Wildman–Crippen MR) is 73.7 cm³/mol. The average Bonchev–Trinajstić information content (AvgIpc) is 2.74. The average molecular weight is 302 g/mol. The van der Waals surface area contributed by atoms with Gasteiger partial charge in [0.1, 0.15) is 5.01 Å². The molecule has 1 aliphatic rings. The number of aliphatic carboxylic acids is 1. The minimum atomic E-state index is -0.892. The smallest absolute Gasteiger partial charge is 0.324 e. The number of aryl methyl sites for hydroxylation is 1. The highest BCUT2D eigenvalue weighted by Gasteiger charge is 2.29. The standard InChI is InChI=1S/C10H14N4O3S2/c1-6-12-13-9(19-6)11-10(17)14-2-3-18-5-7(14)4-8(15)16/h7H,2-5H2,1H3,(H,15,16)(H,11,13,17). The number of aromatic nitrogens is 2. The number of urea groups is 1. The van der Waals surface area contributed by atoms with Crippen molar-refractivity contribution in [1.29, 1.82) is 0 Å². The van der Waals surface area contributed by atoms with E-state index in [0.717, 1.165) is 10.8 Å². The van der Waals surface area contributed by atoms with Crippen molar-refractivity contribution in [3.63, 3.8) is 0 Å². The molecule has 1 atom stereocenters. The summed E-state index contributed by atoms with van der Waals surface area (Å²) in [5.41, 5.74) is 0. The van der Waals surface area contributed by atoms with E-state index in [9.17, 15) is 9.59 Å². The van der Waals surface area contributed by atoms with E-state index in [1.807, 2.05) is 0 Å². The van der Waals surface area contributed by atoms with Crippen LogP contribution in [-0.2, 0) is 4.79 Å². The third kappa shape index (κ3) is 3.80. The second-order valence-electron chi connectivity index (χ2n) is 4.08. The molecule has 7 nitrogen and oxygen atoms in total. The maximum atomic E-state index is 12.1. The molecule has 2 rings (SSSR count). The van der Waals surface area contributed by atoms with Crippen LogP contribution in [0, 0.1) is 6.92 Å². The highest BCUT2D eigenvalue weighted by atomic mass is 32.2. The summed E-state index contributed by atoms with van der Waals surface area (Å²) >= 11 is 2.96. The zero-order valence-corrected chi connectivity index (χ0v) is 12.0. The van der Waals surface area contributed by atoms with Crippen molar-refractivity contribution >= 4 is 40.2 Å². The van der Waals surface area contributed by atoms with Crippen LogP contribution in [0.5, 0.6) is 0 Å². The van der Waals surface area contributed by atoms with Crippen molar-refractivity contribution in [1.82, 2.24) is 15.1 Å². The van der Waals surface area contributed by atoms with Crippen LogP contribution in [0.25, 0.3) is 0 Å². The second-order valence-corrected chi connectivity index (χ2v) is 6.41. The third-order valence-electron chi connectivity index (χ3n) is 2.64. The SMILES string of the molecule is Cc1nnc(NC(=O)N2CCSCC2CC(=O)O)s1. The normalized spacial score (nSPS) is 19.2. The van der Waals surface area contributed by atoms with Crippen LogP contribution < -0.4 is 5.32 Å². The van der Waals surface area contributed by atoms with Gasteiger partial charge in [0.15, 0.2) is 0 Å². The number of carbonyl (C=O) groups excluding carboxylic acids is 1. The number of amides is 2. The van der Waals surface area contributed by atoms with Gasteiger partial charge in [0, 0.05) is 18.1 Å². The van der Waals surface area contributed by atoms with E-state index in [0.29, 0.717) is 17.4 Å². The highest BCUT2D eigenvalue weighted by molar-refractivity contribution is 7.99. The quantitative estimate of drug-likeness (QED) is 0.873. The number of hydrogen-bond acceptors (Lipinski definition) is 6. The summed E-state index contributed by atoms with van der Waals surface area (Å²) in [6.45, 7) is 2.35. The largest absolute Gasteiger partial charge is 0.481 e. The Morgan fingerprint density at radius 3 is 2.95 bits per heavy atom. The minimum absolute atomic E-state index is 0.0322. The topological polar surface area (TPSA) is 95.4 Å². The molecule has 9 heteroatoms. The Morgan fingerprint density at radius 1 is 1.53 bits per heavy atom. The number of anilines is 1. The molecular formula is C10H14N4O3S2. The summed E-state index contributed by atoms with van der Waals surface area (Å²) in [5.74, 6) is 0.574. The number of hydrogen-bond donors (Lipinski definition) is 2. The molecule has 0 radical (unpaired) electrons. The van der Waals surface area contributed by atoms with Crippen LogP contribution in [0.2, 0.25) is 0 Å². The molecule has 2 amide bonds. The summed E-state index contributed by atoms with van der Waals surface area (Å²) in [6, 6.07) is -0.576. The molecule has 0 saturated carbocycles. The van der Waals surface area contributed by atoms with Crippen LogP contribution in [-0.4, -0.2) is 56.3 Å². The maximum absolute atomic E-state index is 12.1. The third-order valence-corrected chi connectivity index (χ3v) is 4.48. The van der Waals surface area contributed by atoms with Crippen molar-refractivity contribution in [3.05, 3.63) is 5.01 Å². The van der Waals surface area contributed by atoms with E-state index in [2.05, 4.69) is 15.5 Å². The molecule has 2 heterocycles. The van der Waals surface area contributed by atoms with Gasteiger partial charge in [-0.3, -0.25) is 10.1 Å². The van der Waals surface area contributed by atoms with E-state index in [-0.39, 0.29) is 18.5 Å². The fraction of sp³-hybridized carbons (Fsp3) is 0.600. The lowest BCUT2D eigenvalue weighted by atomic mass is 10.2. The molecule has 19 heavy (non-hydrogen) atoms. The van der Waals surface area contributed by atoms with E-state index in [1.54, 1.807) is 23.6 Å². The molecule has 1 aliphatic heterocycles. The number of nitrogens with one attached hydrogen (secondary N) is 1. The van der Waals surface area contributed by atoms with Crippen molar-refractivity contribution in [2.45, 2.75) is 19.4 Å². The Bertz CT molecular complexity index is 479. The second kappa shape index (κ2) is 6.20. The summed E-state index contributed by atoms with van der Waals surface area (Å²) < 4.78 is 0. The molecule has 0 aliphatic carbocycles. The molecule has 0 aromatic carbocycles. The molecule has 2 N–H and O–H groups in total. The van der Waals surface area contributed by atoms with E-state index in [4.69, 9.17) is 5.11 Å². The Kier molecular flexibility index (Phi) is 4.59. The summed E-state index contributed by atoms with van der Waals surface area (Å²) in [6.07, 6.45) is -0.0322. The van der Waals surface area contributed by atoms with Gasteiger partial charge in [-0.05, 0) is 6.92 Å². The molecular weight excluding hydrogens is 288 g/mol. The van der Waals surface area contributed by atoms with Crippen LogP contribution in [0.3, 0.4) is 0 Å². The van der Waals surface area contributed by atoms with Crippen molar-refractivity contribution < 1.29 is 14.7 Å². The zero-order chi connectivity index (χ0) is 13.8. The molecule has 1 saturated heterocycles. The first kappa shape index (κ1) is 14.1. The van der Waals surface area contributed by atoms with E-state index >= 15 is 0 Å². The van der Waals surface area contributed by atoms with Gasteiger partial charge in [0.25, 0.3) is 0 Å². The molecule has 1 aromatic rings. The fourth-order valence-electron chi connectivity index (χ4n) is 1.80. The lowest BCUT2D eigenvalue weighted by molar-refractivity contribution is -0.137. The predicted octanol–water partition coefficient (Wildman–Crippen LogP) is 1.27. The number of carbonyl (C=O) groups is 2. The van der Waals surface area contributed by atoms with Crippen LogP contribution >= 0.6 is 23.1 Å². The summed E-state index contributed by atoms with van der Waals surface area (Å²) in [5, 5.41) is 20.4. The van der Waals surface area contributed by atoms with Gasteiger partial charge in [0.05, 0.1) is 12.5 Å². The van der Waals surface area contributed by atoms with Crippen molar-refractivity contribution in [2.75, 3.05) is 23.4 Å². The Labute approximate surface area is 118 Å². The van der Waals surface area contributed by atoms with Crippen LogP contribution in [0.4, 0.5) is 9.93 Å². The Balaban J connectivity index is 2.00. The lowest BCUT2D eigenvalue weighted by Gasteiger charge is -2.34. The van der Waals surface area contributed by atoms with Gasteiger partial charge >= 0.3 is 12.0 Å². The number of thioether (sulfide) groups is 1.